The fourth-order valence-electron chi connectivity index (χ4n) is 2.43. The van der Waals surface area contributed by atoms with Crippen LogP contribution in [0.2, 0.25) is 5.02 Å². The van der Waals surface area contributed by atoms with E-state index in [9.17, 15) is 0 Å². The van der Waals surface area contributed by atoms with Crippen molar-refractivity contribution in [3.63, 3.8) is 0 Å². The van der Waals surface area contributed by atoms with Gasteiger partial charge in [-0.3, -0.25) is 0 Å². The number of pyridine rings is 1. The molecule has 1 heterocycles. The molecule has 0 amide bonds. The molecule has 0 bridgehead atoms. The minimum atomic E-state index is 0.568. The Labute approximate surface area is 120 Å². The van der Waals surface area contributed by atoms with Gasteiger partial charge < -0.3 is 10.2 Å². The molecule has 3 nitrogen and oxygen atoms in total. The molecule has 0 spiro atoms. The lowest BCUT2D eigenvalue weighted by molar-refractivity contribution is 0.601. The van der Waals surface area contributed by atoms with Gasteiger partial charge in [0.1, 0.15) is 5.82 Å². The molecule has 104 valence electrons. The van der Waals surface area contributed by atoms with Crippen molar-refractivity contribution in [2.75, 3.05) is 11.9 Å². The van der Waals surface area contributed by atoms with E-state index in [1.807, 2.05) is 12.1 Å². The predicted octanol–water partition coefficient (Wildman–Crippen LogP) is 3.22. The zero-order chi connectivity index (χ0) is 13.4. The number of nitrogens with zero attached hydrogens (tertiary/aromatic N) is 2. The maximum atomic E-state index is 6.24. The normalized spacial score (nSPS) is 20.4. The van der Waals surface area contributed by atoms with Gasteiger partial charge in [-0.2, -0.15) is 0 Å². The van der Waals surface area contributed by atoms with Crippen LogP contribution in [0.3, 0.4) is 0 Å². The van der Waals surface area contributed by atoms with Crippen LogP contribution in [0.15, 0.2) is 12.1 Å². The third-order valence-electron chi connectivity index (χ3n) is 4.32. The predicted molar refractivity (Wildman–Crippen MR) is 79.7 cm³/mol. The van der Waals surface area contributed by atoms with Crippen LogP contribution in [0, 0.1) is 5.92 Å². The van der Waals surface area contributed by atoms with Crippen LogP contribution in [0.1, 0.15) is 38.3 Å². The largest absolute Gasteiger partial charge is 0.357 e. The lowest BCUT2D eigenvalue weighted by Gasteiger charge is -2.26. The van der Waals surface area contributed by atoms with Gasteiger partial charge in [0, 0.05) is 25.7 Å². The first kappa shape index (κ1) is 13.2. The standard InChI is InChI=1S/C15H22ClN3/c1-10(11-3-4-11)19(2)15-8-7-13(16)14(18-15)9-17-12-5-6-12/h7-8,10-12,17H,3-6,9H2,1-2H3. The van der Waals surface area contributed by atoms with Crippen molar-refractivity contribution < 1.29 is 0 Å². The first-order chi connectivity index (χ1) is 9.15. The number of anilines is 1. The van der Waals surface area contributed by atoms with E-state index in [1.54, 1.807) is 0 Å². The van der Waals surface area contributed by atoms with Crippen molar-refractivity contribution in [1.29, 1.82) is 0 Å². The van der Waals surface area contributed by atoms with Gasteiger partial charge in [-0.25, -0.2) is 4.98 Å². The molecule has 2 saturated carbocycles. The van der Waals surface area contributed by atoms with E-state index in [0.29, 0.717) is 12.1 Å². The molecule has 1 atom stereocenters. The van der Waals surface area contributed by atoms with Crippen LogP contribution in [-0.2, 0) is 6.54 Å². The van der Waals surface area contributed by atoms with Gasteiger partial charge in [0.2, 0.25) is 0 Å². The Hall–Kier alpha value is -0.800. The van der Waals surface area contributed by atoms with E-state index in [1.165, 1.54) is 25.7 Å². The summed E-state index contributed by atoms with van der Waals surface area (Å²) in [4.78, 5) is 7.02. The quantitative estimate of drug-likeness (QED) is 0.867. The second kappa shape index (κ2) is 5.29. The van der Waals surface area contributed by atoms with E-state index in [-0.39, 0.29) is 0 Å². The lowest BCUT2D eigenvalue weighted by Crippen LogP contribution is -2.31. The Bertz CT molecular complexity index is 455. The van der Waals surface area contributed by atoms with Gasteiger partial charge in [0.25, 0.3) is 0 Å². The fraction of sp³-hybridized carbons (Fsp3) is 0.667. The van der Waals surface area contributed by atoms with E-state index < -0.39 is 0 Å². The van der Waals surface area contributed by atoms with Crippen molar-refractivity contribution in [3.05, 3.63) is 22.8 Å². The second-order valence-electron chi connectivity index (χ2n) is 5.94. The van der Waals surface area contributed by atoms with Crippen LogP contribution in [0.4, 0.5) is 5.82 Å². The van der Waals surface area contributed by atoms with Gasteiger partial charge in [-0.1, -0.05) is 11.6 Å². The zero-order valence-electron chi connectivity index (χ0n) is 11.7. The van der Waals surface area contributed by atoms with Crippen molar-refractivity contribution in [2.24, 2.45) is 5.92 Å². The summed E-state index contributed by atoms with van der Waals surface area (Å²) in [7, 11) is 2.14. The minimum Gasteiger partial charge on any atom is -0.357 e. The summed E-state index contributed by atoms with van der Waals surface area (Å²) >= 11 is 6.24. The molecule has 1 N–H and O–H groups in total. The van der Waals surface area contributed by atoms with Crippen LogP contribution in [0.25, 0.3) is 0 Å². The maximum absolute atomic E-state index is 6.24. The van der Waals surface area contributed by atoms with E-state index in [4.69, 9.17) is 16.6 Å². The summed E-state index contributed by atoms with van der Waals surface area (Å²) < 4.78 is 0. The summed E-state index contributed by atoms with van der Waals surface area (Å²) in [6.07, 6.45) is 5.29. The fourth-order valence-corrected chi connectivity index (χ4v) is 2.60. The van der Waals surface area contributed by atoms with Crippen LogP contribution in [0.5, 0.6) is 0 Å². The monoisotopic (exact) mass is 279 g/mol. The molecule has 4 heteroatoms. The van der Waals surface area contributed by atoms with Gasteiger partial charge in [-0.15, -0.1) is 0 Å². The SMILES string of the molecule is CC(C1CC1)N(C)c1ccc(Cl)c(CNC2CC2)n1. The number of hydrogen-bond acceptors (Lipinski definition) is 3. The number of hydrogen-bond donors (Lipinski definition) is 1. The molecule has 2 aliphatic carbocycles. The third kappa shape index (κ3) is 3.21. The number of halogens is 1. The van der Waals surface area contributed by atoms with Gasteiger partial charge in [0.05, 0.1) is 10.7 Å². The molecule has 0 radical (unpaired) electrons. The Balaban J connectivity index is 1.71. The number of rotatable bonds is 6. The van der Waals surface area contributed by atoms with Crippen LogP contribution < -0.4 is 10.2 Å². The van der Waals surface area contributed by atoms with Gasteiger partial charge in [0.15, 0.2) is 0 Å². The molecule has 0 aromatic carbocycles. The minimum absolute atomic E-state index is 0.568. The topological polar surface area (TPSA) is 28.2 Å². The molecule has 1 aromatic heterocycles. The summed E-state index contributed by atoms with van der Waals surface area (Å²) in [5, 5.41) is 4.25. The Kier molecular flexibility index (Phi) is 3.68. The molecular weight excluding hydrogens is 258 g/mol. The first-order valence-electron chi connectivity index (χ1n) is 7.27. The lowest BCUT2D eigenvalue weighted by atomic mass is 10.2. The highest BCUT2D eigenvalue weighted by molar-refractivity contribution is 6.31. The first-order valence-corrected chi connectivity index (χ1v) is 7.64. The molecule has 0 aliphatic heterocycles. The van der Waals surface area contributed by atoms with E-state index in [2.05, 4.69) is 24.2 Å². The molecule has 1 aromatic rings. The van der Waals surface area contributed by atoms with Gasteiger partial charge >= 0.3 is 0 Å². The molecular formula is C15H22ClN3. The van der Waals surface area contributed by atoms with Crippen molar-refractivity contribution in [2.45, 2.75) is 51.2 Å². The Morgan fingerprint density at radius 3 is 2.74 bits per heavy atom. The highest BCUT2D eigenvalue weighted by Crippen LogP contribution is 2.36. The van der Waals surface area contributed by atoms with E-state index >= 15 is 0 Å². The molecule has 3 rings (SSSR count). The summed E-state index contributed by atoms with van der Waals surface area (Å²) in [5.74, 6) is 1.88. The highest BCUT2D eigenvalue weighted by atomic mass is 35.5. The Morgan fingerprint density at radius 1 is 1.37 bits per heavy atom. The third-order valence-corrected chi connectivity index (χ3v) is 4.66. The zero-order valence-corrected chi connectivity index (χ0v) is 12.5. The van der Waals surface area contributed by atoms with Crippen molar-refractivity contribution in [1.82, 2.24) is 10.3 Å². The number of nitrogens with one attached hydrogen (secondary N) is 1. The molecule has 2 aliphatic rings. The molecule has 1 unspecified atom stereocenters. The molecule has 19 heavy (non-hydrogen) atoms. The summed E-state index contributed by atoms with van der Waals surface area (Å²) in [5.41, 5.74) is 0.973. The highest BCUT2D eigenvalue weighted by Gasteiger charge is 2.31. The summed E-state index contributed by atoms with van der Waals surface area (Å²) in [6, 6.07) is 5.26. The smallest absolute Gasteiger partial charge is 0.128 e. The van der Waals surface area contributed by atoms with E-state index in [0.717, 1.165) is 29.0 Å². The van der Waals surface area contributed by atoms with Crippen LogP contribution in [-0.4, -0.2) is 24.1 Å². The average Bonchev–Trinajstić information content (AvgIpc) is 3.29. The molecule has 0 saturated heterocycles. The summed E-state index contributed by atoms with van der Waals surface area (Å²) in [6.45, 7) is 3.07. The van der Waals surface area contributed by atoms with Crippen molar-refractivity contribution in [3.8, 4) is 0 Å². The Morgan fingerprint density at radius 2 is 2.11 bits per heavy atom. The second-order valence-corrected chi connectivity index (χ2v) is 6.35. The van der Waals surface area contributed by atoms with Crippen molar-refractivity contribution >= 4 is 17.4 Å². The maximum Gasteiger partial charge on any atom is 0.128 e. The van der Waals surface area contributed by atoms with Gasteiger partial charge in [-0.05, 0) is 50.7 Å². The number of aromatic nitrogens is 1. The van der Waals surface area contributed by atoms with Crippen LogP contribution >= 0.6 is 11.6 Å². The average molecular weight is 280 g/mol. The molecule has 2 fully saturated rings.